The Morgan fingerprint density at radius 1 is 1.00 bits per heavy atom. The predicted octanol–water partition coefficient (Wildman–Crippen LogP) is 4.46. The molecule has 3 fully saturated rings. The Kier molecular flexibility index (Phi) is 6.78. The molecule has 0 amide bonds. The number of piperidine rings is 1. The molecule has 0 atom stereocenters. The van der Waals surface area contributed by atoms with Gasteiger partial charge in [-0.1, -0.05) is 32.6 Å². The summed E-state index contributed by atoms with van der Waals surface area (Å²) in [5.74, 6) is 2.43. The van der Waals surface area contributed by atoms with Crippen molar-refractivity contribution < 1.29 is 0 Å². The zero-order chi connectivity index (χ0) is 21.9. The van der Waals surface area contributed by atoms with Crippen LogP contribution in [0.4, 0.5) is 11.8 Å². The Bertz CT molecular complexity index is 873. The Labute approximate surface area is 191 Å². The first-order valence-electron chi connectivity index (χ1n) is 13.0. The van der Waals surface area contributed by atoms with E-state index < -0.39 is 0 Å². The fourth-order valence-corrected chi connectivity index (χ4v) is 5.85. The normalized spacial score (nSPS) is 26.1. The highest BCUT2D eigenvalue weighted by atomic mass is 15.5. The SMILES string of the molecule is CCCC1CCN(Nc2nc(N[C@H]3CC[C@H](N)CC3)nc3c2ncn3C2CCCC2)CC1. The van der Waals surface area contributed by atoms with Crippen LogP contribution in [0.25, 0.3) is 11.2 Å². The third-order valence-electron chi connectivity index (χ3n) is 7.82. The molecule has 0 spiro atoms. The number of hydrazine groups is 1. The van der Waals surface area contributed by atoms with Crippen molar-refractivity contribution in [3.05, 3.63) is 6.33 Å². The molecule has 0 unspecified atom stereocenters. The van der Waals surface area contributed by atoms with Gasteiger partial charge in [0.2, 0.25) is 5.95 Å². The first kappa shape index (κ1) is 21.9. The molecule has 2 aliphatic carbocycles. The van der Waals surface area contributed by atoms with E-state index in [1.165, 1.54) is 51.4 Å². The first-order chi connectivity index (χ1) is 15.7. The van der Waals surface area contributed by atoms with Crippen molar-refractivity contribution in [1.82, 2.24) is 24.5 Å². The number of rotatable bonds is 7. The second-order valence-electron chi connectivity index (χ2n) is 10.2. The average Bonchev–Trinajstić information content (AvgIpc) is 3.47. The fraction of sp³-hybridized carbons (Fsp3) is 0.792. The van der Waals surface area contributed by atoms with Crippen LogP contribution in [0.1, 0.15) is 90.0 Å². The molecule has 3 aliphatic rings. The van der Waals surface area contributed by atoms with Crippen molar-refractivity contribution in [2.75, 3.05) is 23.8 Å². The lowest BCUT2D eigenvalue weighted by molar-refractivity contribution is 0.209. The summed E-state index contributed by atoms with van der Waals surface area (Å²) in [5, 5.41) is 5.95. The minimum absolute atomic E-state index is 0.341. The molecule has 8 nitrogen and oxygen atoms in total. The van der Waals surface area contributed by atoms with Crippen LogP contribution in [0.3, 0.4) is 0 Å². The van der Waals surface area contributed by atoms with Crippen LogP contribution >= 0.6 is 0 Å². The van der Waals surface area contributed by atoms with Crippen molar-refractivity contribution >= 4 is 22.9 Å². The first-order valence-corrected chi connectivity index (χ1v) is 13.0. The molecule has 4 N–H and O–H groups in total. The predicted molar refractivity (Wildman–Crippen MR) is 130 cm³/mol. The lowest BCUT2D eigenvalue weighted by Gasteiger charge is -2.32. The van der Waals surface area contributed by atoms with Gasteiger partial charge < -0.3 is 21.0 Å². The van der Waals surface area contributed by atoms with Gasteiger partial charge in [-0.05, 0) is 57.3 Å². The molecule has 176 valence electrons. The summed E-state index contributed by atoms with van der Waals surface area (Å²) < 4.78 is 2.30. The Morgan fingerprint density at radius 2 is 1.75 bits per heavy atom. The summed E-state index contributed by atoms with van der Waals surface area (Å²) in [5.41, 5.74) is 11.6. The lowest BCUT2D eigenvalue weighted by Crippen LogP contribution is -2.38. The molecule has 8 heteroatoms. The minimum Gasteiger partial charge on any atom is -0.351 e. The molecule has 2 aromatic rings. The van der Waals surface area contributed by atoms with E-state index in [4.69, 9.17) is 20.7 Å². The van der Waals surface area contributed by atoms with Crippen molar-refractivity contribution in [1.29, 1.82) is 0 Å². The van der Waals surface area contributed by atoms with E-state index in [0.29, 0.717) is 18.1 Å². The second kappa shape index (κ2) is 9.91. The highest BCUT2D eigenvalue weighted by Crippen LogP contribution is 2.33. The Balaban J connectivity index is 1.38. The van der Waals surface area contributed by atoms with Crippen LogP contribution in [0.2, 0.25) is 0 Å². The molecular formula is C24H40N8. The second-order valence-corrected chi connectivity index (χ2v) is 10.2. The molecule has 5 rings (SSSR count). The fourth-order valence-electron chi connectivity index (χ4n) is 5.85. The zero-order valence-electron chi connectivity index (χ0n) is 19.6. The van der Waals surface area contributed by atoms with Crippen LogP contribution < -0.4 is 16.5 Å². The quantitative estimate of drug-likeness (QED) is 0.585. The van der Waals surface area contributed by atoms with E-state index >= 15 is 0 Å². The number of fused-ring (bicyclic) bond motifs is 1. The summed E-state index contributed by atoms with van der Waals surface area (Å²) in [6, 6.07) is 1.24. The molecule has 0 aromatic carbocycles. The molecule has 0 bridgehead atoms. The highest BCUT2D eigenvalue weighted by Gasteiger charge is 2.25. The van der Waals surface area contributed by atoms with Crippen LogP contribution in [0, 0.1) is 5.92 Å². The third kappa shape index (κ3) is 4.86. The number of nitrogens with one attached hydrogen (secondary N) is 2. The molecule has 32 heavy (non-hydrogen) atoms. The van der Waals surface area contributed by atoms with E-state index in [2.05, 4.69) is 27.2 Å². The van der Waals surface area contributed by atoms with Crippen molar-refractivity contribution in [2.45, 2.75) is 102 Å². The number of nitrogens with two attached hydrogens (primary N) is 1. The Hall–Kier alpha value is -1.93. The number of aromatic nitrogens is 4. The van der Waals surface area contributed by atoms with Gasteiger partial charge in [0, 0.05) is 31.2 Å². The van der Waals surface area contributed by atoms with Crippen molar-refractivity contribution in [3.63, 3.8) is 0 Å². The molecule has 2 saturated carbocycles. The number of imidazole rings is 1. The van der Waals surface area contributed by atoms with E-state index in [0.717, 1.165) is 67.6 Å². The van der Waals surface area contributed by atoms with Gasteiger partial charge in [-0.25, -0.2) is 9.99 Å². The van der Waals surface area contributed by atoms with Gasteiger partial charge in [-0.2, -0.15) is 9.97 Å². The van der Waals surface area contributed by atoms with E-state index in [1.54, 1.807) is 0 Å². The van der Waals surface area contributed by atoms with Crippen LogP contribution in [0.15, 0.2) is 6.33 Å². The number of hydrogen-bond acceptors (Lipinski definition) is 7. The van der Waals surface area contributed by atoms with Gasteiger partial charge in [0.1, 0.15) is 0 Å². The van der Waals surface area contributed by atoms with Crippen LogP contribution in [-0.2, 0) is 0 Å². The highest BCUT2D eigenvalue weighted by molar-refractivity contribution is 5.84. The van der Waals surface area contributed by atoms with Gasteiger partial charge in [0.25, 0.3) is 0 Å². The lowest BCUT2D eigenvalue weighted by atomic mass is 9.92. The summed E-state index contributed by atoms with van der Waals surface area (Å²) in [4.78, 5) is 14.7. The van der Waals surface area contributed by atoms with Crippen LogP contribution in [0.5, 0.6) is 0 Å². The van der Waals surface area contributed by atoms with E-state index in [-0.39, 0.29) is 0 Å². The topological polar surface area (TPSA) is 96.9 Å². The van der Waals surface area contributed by atoms with Gasteiger partial charge >= 0.3 is 0 Å². The van der Waals surface area contributed by atoms with E-state index in [9.17, 15) is 0 Å². The summed E-state index contributed by atoms with van der Waals surface area (Å²) in [6.07, 6.45) is 16.4. The van der Waals surface area contributed by atoms with E-state index in [1.807, 2.05) is 6.33 Å². The molecular weight excluding hydrogens is 400 g/mol. The molecule has 0 radical (unpaired) electrons. The molecule has 1 saturated heterocycles. The van der Waals surface area contributed by atoms with Crippen LogP contribution in [-0.4, -0.2) is 49.7 Å². The van der Waals surface area contributed by atoms with Gasteiger partial charge in [0.15, 0.2) is 17.0 Å². The van der Waals surface area contributed by atoms with Gasteiger partial charge in [0.05, 0.1) is 6.33 Å². The summed E-state index contributed by atoms with van der Waals surface area (Å²) >= 11 is 0. The molecule has 3 heterocycles. The maximum Gasteiger partial charge on any atom is 0.227 e. The van der Waals surface area contributed by atoms with Crippen molar-refractivity contribution in [3.8, 4) is 0 Å². The molecule has 2 aromatic heterocycles. The standard InChI is InChI=1S/C24H40N8/c1-2-5-17-12-14-31(15-13-17)30-22-21-23(32(16-26-21)20-6-3-4-7-20)29-24(28-22)27-19-10-8-18(25)9-11-19/h16-20H,2-15,25H2,1H3,(H2,27,28,29,30)/t18-,19-. The van der Waals surface area contributed by atoms with Crippen molar-refractivity contribution in [2.24, 2.45) is 11.7 Å². The average molecular weight is 441 g/mol. The smallest absolute Gasteiger partial charge is 0.227 e. The maximum absolute atomic E-state index is 6.11. The Morgan fingerprint density at radius 3 is 2.47 bits per heavy atom. The maximum atomic E-state index is 6.11. The number of anilines is 2. The van der Waals surface area contributed by atoms with Gasteiger partial charge in [-0.3, -0.25) is 0 Å². The summed E-state index contributed by atoms with van der Waals surface area (Å²) in [6.45, 7) is 4.41. The number of nitrogens with zero attached hydrogens (tertiary/aromatic N) is 5. The van der Waals surface area contributed by atoms with Gasteiger partial charge in [-0.15, -0.1) is 0 Å². The molecule has 1 aliphatic heterocycles. The number of hydrogen-bond donors (Lipinski definition) is 3. The summed E-state index contributed by atoms with van der Waals surface area (Å²) in [7, 11) is 0. The monoisotopic (exact) mass is 440 g/mol. The minimum atomic E-state index is 0.341. The largest absolute Gasteiger partial charge is 0.351 e. The third-order valence-corrected chi connectivity index (χ3v) is 7.82. The zero-order valence-corrected chi connectivity index (χ0v) is 19.6.